The molecule has 1 spiro atoms. The van der Waals surface area contributed by atoms with Gasteiger partial charge in [0.1, 0.15) is 0 Å². The molecule has 2 aliphatic heterocycles. The molecule has 2 N–H and O–H groups in total. The highest BCUT2D eigenvalue weighted by Gasteiger charge is 2.47. The van der Waals surface area contributed by atoms with Crippen LogP contribution in [0.15, 0.2) is 0 Å². The summed E-state index contributed by atoms with van der Waals surface area (Å²) in [4.78, 5) is 0. The monoisotopic (exact) mass is 241 g/mol. The summed E-state index contributed by atoms with van der Waals surface area (Å²) in [5.74, 6) is 3.21. The smallest absolute Gasteiger partial charge is 0.0783 e. The standard InChI is InChI=1S/C13H23NOS/c14-13(4-1-2-5-13)11-3-7-15-12(9-11)6-8-16-10-12/h11H,1-10,14H2. The molecular weight excluding hydrogens is 218 g/mol. The van der Waals surface area contributed by atoms with Crippen LogP contribution in [0, 0.1) is 5.92 Å². The molecule has 2 unspecified atom stereocenters. The summed E-state index contributed by atoms with van der Waals surface area (Å²) in [7, 11) is 0. The van der Waals surface area contributed by atoms with Gasteiger partial charge in [-0.15, -0.1) is 0 Å². The third-order valence-corrected chi connectivity index (χ3v) is 6.13. The molecule has 1 aliphatic carbocycles. The third-order valence-electron chi connectivity index (χ3n) is 4.91. The van der Waals surface area contributed by atoms with E-state index in [1.54, 1.807) is 0 Å². The third kappa shape index (κ3) is 1.91. The van der Waals surface area contributed by atoms with Crippen LogP contribution in [-0.2, 0) is 4.74 Å². The Hall–Kier alpha value is 0.270. The predicted octanol–water partition coefficient (Wildman–Crippen LogP) is 2.56. The van der Waals surface area contributed by atoms with Crippen LogP contribution >= 0.6 is 11.8 Å². The van der Waals surface area contributed by atoms with Crippen LogP contribution in [-0.4, -0.2) is 29.3 Å². The first-order valence-corrected chi connectivity index (χ1v) is 7.89. The lowest BCUT2D eigenvalue weighted by Gasteiger charge is -2.44. The van der Waals surface area contributed by atoms with Gasteiger partial charge < -0.3 is 10.5 Å². The summed E-state index contributed by atoms with van der Waals surface area (Å²) in [6.07, 6.45) is 8.87. The van der Waals surface area contributed by atoms with E-state index in [0.29, 0.717) is 0 Å². The first-order chi connectivity index (χ1) is 7.73. The summed E-state index contributed by atoms with van der Waals surface area (Å²) < 4.78 is 6.08. The molecule has 16 heavy (non-hydrogen) atoms. The molecule has 2 saturated heterocycles. The Morgan fingerprint density at radius 3 is 2.69 bits per heavy atom. The lowest BCUT2D eigenvalue weighted by Crippen LogP contribution is -2.52. The minimum atomic E-state index is 0.157. The van der Waals surface area contributed by atoms with Crippen molar-refractivity contribution in [3.05, 3.63) is 0 Å². The van der Waals surface area contributed by atoms with Gasteiger partial charge in [0.25, 0.3) is 0 Å². The average molecular weight is 241 g/mol. The van der Waals surface area contributed by atoms with Crippen molar-refractivity contribution in [2.45, 2.75) is 56.1 Å². The summed E-state index contributed by atoms with van der Waals surface area (Å²) in [6.45, 7) is 0.949. The van der Waals surface area contributed by atoms with Crippen LogP contribution in [0.1, 0.15) is 44.9 Å². The van der Waals surface area contributed by atoms with Gasteiger partial charge in [0, 0.05) is 17.9 Å². The van der Waals surface area contributed by atoms with Crippen molar-refractivity contribution < 1.29 is 4.74 Å². The largest absolute Gasteiger partial charge is 0.374 e. The molecule has 0 radical (unpaired) electrons. The average Bonchev–Trinajstić information content (AvgIpc) is 2.90. The highest BCUT2D eigenvalue weighted by molar-refractivity contribution is 7.99. The van der Waals surface area contributed by atoms with Crippen molar-refractivity contribution in [3.63, 3.8) is 0 Å². The molecule has 3 heteroatoms. The van der Waals surface area contributed by atoms with Gasteiger partial charge in [-0.25, -0.2) is 0 Å². The van der Waals surface area contributed by atoms with E-state index in [1.807, 2.05) is 0 Å². The van der Waals surface area contributed by atoms with Gasteiger partial charge >= 0.3 is 0 Å². The highest BCUT2D eigenvalue weighted by atomic mass is 32.2. The zero-order valence-electron chi connectivity index (χ0n) is 10.0. The summed E-state index contributed by atoms with van der Waals surface area (Å²) in [6, 6.07) is 0. The fourth-order valence-corrected chi connectivity index (χ4v) is 5.20. The van der Waals surface area contributed by atoms with Gasteiger partial charge in [-0.2, -0.15) is 11.8 Å². The minimum Gasteiger partial charge on any atom is -0.374 e. The van der Waals surface area contributed by atoms with Crippen molar-refractivity contribution in [2.24, 2.45) is 11.7 Å². The minimum absolute atomic E-state index is 0.157. The van der Waals surface area contributed by atoms with Crippen molar-refractivity contribution in [3.8, 4) is 0 Å². The van der Waals surface area contributed by atoms with Crippen LogP contribution in [0.25, 0.3) is 0 Å². The molecule has 2 nitrogen and oxygen atoms in total. The number of hydrogen-bond donors (Lipinski definition) is 1. The zero-order chi connectivity index (χ0) is 11.1. The van der Waals surface area contributed by atoms with Gasteiger partial charge in [0.05, 0.1) is 5.60 Å². The van der Waals surface area contributed by atoms with Crippen molar-refractivity contribution >= 4 is 11.8 Å². The Morgan fingerprint density at radius 2 is 2.00 bits per heavy atom. The fraction of sp³-hybridized carbons (Fsp3) is 1.00. The lowest BCUT2D eigenvalue weighted by molar-refractivity contribution is -0.0920. The Balaban J connectivity index is 1.72. The first-order valence-electron chi connectivity index (χ1n) is 6.73. The Labute approximate surface area is 103 Å². The van der Waals surface area contributed by atoms with E-state index in [0.717, 1.165) is 12.5 Å². The van der Waals surface area contributed by atoms with Crippen molar-refractivity contribution in [1.82, 2.24) is 0 Å². The normalized spacial score (nSPS) is 42.9. The van der Waals surface area contributed by atoms with E-state index in [-0.39, 0.29) is 11.1 Å². The van der Waals surface area contributed by atoms with E-state index in [1.165, 1.54) is 56.5 Å². The van der Waals surface area contributed by atoms with Crippen molar-refractivity contribution in [1.29, 1.82) is 0 Å². The van der Waals surface area contributed by atoms with Gasteiger partial charge in [-0.1, -0.05) is 12.8 Å². The maximum absolute atomic E-state index is 6.62. The van der Waals surface area contributed by atoms with Crippen LogP contribution in [0.3, 0.4) is 0 Å². The van der Waals surface area contributed by atoms with Crippen LogP contribution in [0.2, 0.25) is 0 Å². The predicted molar refractivity (Wildman–Crippen MR) is 68.7 cm³/mol. The second-order valence-electron chi connectivity index (χ2n) is 5.96. The van der Waals surface area contributed by atoms with E-state index in [4.69, 9.17) is 10.5 Å². The van der Waals surface area contributed by atoms with Gasteiger partial charge in [0.2, 0.25) is 0 Å². The zero-order valence-corrected chi connectivity index (χ0v) is 10.9. The fourth-order valence-electron chi connectivity index (χ4n) is 3.82. The van der Waals surface area contributed by atoms with Gasteiger partial charge in [-0.3, -0.25) is 0 Å². The molecular formula is C13H23NOS. The van der Waals surface area contributed by atoms with Crippen LogP contribution < -0.4 is 5.73 Å². The summed E-state index contributed by atoms with van der Waals surface area (Å²) in [5.41, 5.74) is 6.99. The van der Waals surface area contributed by atoms with E-state index < -0.39 is 0 Å². The highest BCUT2D eigenvalue weighted by Crippen LogP contribution is 2.46. The molecule has 3 fully saturated rings. The lowest BCUT2D eigenvalue weighted by atomic mass is 9.73. The molecule has 92 valence electrons. The van der Waals surface area contributed by atoms with Crippen LogP contribution in [0.4, 0.5) is 0 Å². The van der Waals surface area contributed by atoms with E-state index in [9.17, 15) is 0 Å². The molecule has 0 aromatic heterocycles. The summed E-state index contributed by atoms with van der Waals surface area (Å²) >= 11 is 2.06. The number of hydrogen-bond acceptors (Lipinski definition) is 3. The molecule has 0 aromatic carbocycles. The van der Waals surface area contributed by atoms with Gasteiger partial charge in [-0.05, 0) is 43.8 Å². The molecule has 3 rings (SSSR count). The number of ether oxygens (including phenoxy) is 1. The topological polar surface area (TPSA) is 35.2 Å². The molecule has 0 aromatic rings. The number of nitrogens with two attached hydrogens (primary N) is 1. The van der Waals surface area contributed by atoms with Crippen LogP contribution in [0.5, 0.6) is 0 Å². The molecule has 1 saturated carbocycles. The SMILES string of the molecule is NC1(C2CCOC3(CCSC3)C2)CCCC1. The molecule has 3 aliphatic rings. The second kappa shape index (κ2) is 4.18. The van der Waals surface area contributed by atoms with E-state index >= 15 is 0 Å². The number of rotatable bonds is 1. The van der Waals surface area contributed by atoms with E-state index in [2.05, 4.69) is 11.8 Å². The molecule has 2 heterocycles. The summed E-state index contributed by atoms with van der Waals surface area (Å²) in [5, 5.41) is 0. The second-order valence-corrected chi connectivity index (χ2v) is 7.07. The Morgan fingerprint density at radius 1 is 1.19 bits per heavy atom. The quantitative estimate of drug-likeness (QED) is 0.766. The molecule has 0 amide bonds. The first kappa shape index (κ1) is 11.4. The molecule has 0 bridgehead atoms. The molecule has 2 atom stereocenters. The van der Waals surface area contributed by atoms with Crippen molar-refractivity contribution in [2.75, 3.05) is 18.1 Å². The Kier molecular flexibility index (Phi) is 2.97. The van der Waals surface area contributed by atoms with Gasteiger partial charge in [0.15, 0.2) is 0 Å². The Bertz CT molecular complexity index is 247. The maximum Gasteiger partial charge on any atom is 0.0783 e. The maximum atomic E-state index is 6.62. The number of thioether (sulfide) groups is 1.